The summed E-state index contributed by atoms with van der Waals surface area (Å²) in [6.07, 6.45) is 3.70. The third-order valence-electron chi connectivity index (χ3n) is 4.15. The van der Waals surface area contributed by atoms with E-state index in [1.165, 1.54) is 19.3 Å². The van der Waals surface area contributed by atoms with Gasteiger partial charge in [-0.05, 0) is 61.8 Å². The fourth-order valence-corrected chi connectivity index (χ4v) is 3.61. The molecule has 1 aromatic carbocycles. The van der Waals surface area contributed by atoms with Gasteiger partial charge in [-0.25, -0.2) is 4.79 Å². The first kappa shape index (κ1) is 15.9. The smallest absolute Gasteiger partial charge is 0.338 e. The van der Waals surface area contributed by atoms with E-state index in [1.807, 2.05) is 31.2 Å². The van der Waals surface area contributed by atoms with Crippen molar-refractivity contribution in [1.29, 1.82) is 0 Å². The zero-order valence-corrected chi connectivity index (χ0v) is 13.6. The van der Waals surface area contributed by atoms with Gasteiger partial charge in [0.25, 0.3) is 0 Å². The minimum absolute atomic E-state index is 0.253. The number of rotatable bonds is 4. The first-order valence-electron chi connectivity index (χ1n) is 7.93. The molecule has 1 aromatic rings. The van der Waals surface area contributed by atoms with Crippen molar-refractivity contribution in [2.24, 2.45) is 11.3 Å². The van der Waals surface area contributed by atoms with E-state index in [-0.39, 0.29) is 5.97 Å². The van der Waals surface area contributed by atoms with E-state index in [4.69, 9.17) is 4.74 Å². The Balaban J connectivity index is 1.98. The Morgan fingerprint density at radius 2 is 1.95 bits per heavy atom. The Kier molecular flexibility index (Phi) is 4.92. The minimum atomic E-state index is -0.253. The molecule has 116 valence electrons. The van der Waals surface area contributed by atoms with Crippen LogP contribution in [0.4, 0.5) is 5.69 Å². The van der Waals surface area contributed by atoms with E-state index in [1.54, 1.807) is 0 Å². The number of esters is 1. The molecule has 1 N–H and O–H groups in total. The van der Waals surface area contributed by atoms with Gasteiger partial charge >= 0.3 is 5.97 Å². The molecule has 0 aromatic heterocycles. The second-order valence-electron chi connectivity index (χ2n) is 7.05. The zero-order chi connectivity index (χ0) is 15.5. The number of benzene rings is 1. The molecule has 1 saturated carbocycles. The quantitative estimate of drug-likeness (QED) is 0.830. The maximum absolute atomic E-state index is 11.6. The lowest BCUT2D eigenvalue weighted by Crippen LogP contribution is -2.35. The normalized spacial score (nSPS) is 24.4. The summed E-state index contributed by atoms with van der Waals surface area (Å²) in [6, 6.07) is 8.11. The largest absolute Gasteiger partial charge is 0.462 e. The molecule has 0 radical (unpaired) electrons. The van der Waals surface area contributed by atoms with E-state index in [2.05, 4.69) is 26.1 Å². The predicted octanol–water partition coefficient (Wildman–Crippen LogP) is 4.49. The van der Waals surface area contributed by atoms with Gasteiger partial charge in [-0.1, -0.05) is 20.8 Å². The van der Waals surface area contributed by atoms with Crippen LogP contribution in [0.1, 0.15) is 57.3 Å². The number of hydrogen-bond acceptors (Lipinski definition) is 3. The molecule has 21 heavy (non-hydrogen) atoms. The summed E-state index contributed by atoms with van der Waals surface area (Å²) < 4.78 is 5.00. The van der Waals surface area contributed by atoms with Crippen molar-refractivity contribution >= 4 is 11.7 Å². The van der Waals surface area contributed by atoms with Crippen molar-refractivity contribution in [3.63, 3.8) is 0 Å². The highest BCUT2D eigenvalue weighted by atomic mass is 16.5. The van der Waals surface area contributed by atoms with Gasteiger partial charge in [0, 0.05) is 11.7 Å². The summed E-state index contributed by atoms with van der Waals surface area (Å²) in [4.78, 5) is 11.6. The number of nitrogens with one attached hydrogen (secondary N) is 1. The highest BCUT2D eigenvalue weighted by molar-refractivity contribution is 5.89. The molecule has 1 aliphatic carbocycles. The number of carbonyl (C=O) groups excluding carboxylic acids is 1. The van der Waals surface area contributed by atoms with Gasteiger partial charge in [0.05, 0.1) is 12.2 Å². The Morgan fingerprint density at radius 3 is 2.52 bits per heavy atom. The molecule has 1 fully saturated rings. The lowest BCUT2D eigenvalue weighted by Gasteiger charge is -2.39. The maximum Gasteiger partial charge on any atom is 0.338 e. The Hall–Kier alpha value is -1.51. The Bertz CT molecular complexity index is 478. The number of carbonyl (C=O) groups is 1. The van der Waals surface area contributed by atoms with Gasteiger partial charge in [-0.15, -0.1) is 0 Å². The van der Waals surface area contributed by atoms with Gasteiger partial charge in [0.1, 0.15) is 0 Å². The Morgan fingerprint density at radius 1 is 1.29 bits per heavy atom. The number of anilines is 1. The fraction of sp³-hybridized carbons (Fsp3) is 0.611. The second-order valence-corrected chi connectivity index (χ2v) is 7.05. The summed E-state index contributed by atoms with van der Waals surface area (Å²) in [5, 5.41) is 3.61. The molecule has 0 amide bonds. The summed E-state index contributed by atoms with van der Waals surface area (Å²) in [5.74, 6) is 0.501. The summed E-state index contributed by atoms with van der Waals surface area (Å²) >= 11 is 0. The molecular formula is C18H27NO2. The molecule has 0 saturated heterocycles. The van der Waals surface area contributed by atoms with Crippen molar-refractivity contribution in [2.45, 2.75) is 53.0 Å². The summed E-state index contributed by atoms with van der Waals surface area (Å²) in [5.41, 5.74) is 2.10. The minimum Gasteiger partial charge on any atom is -0.462 e. The number of ether oxygens (including phenoxy) is 1. The molecule has 0 spiro atoms. The van der Waals surface area contributed by atoms with Gasteiger partial charge < -0.3 is 10.1 Å². The second kappa shape index (κ2) is 6.50. The van der Waals surface area contributed by atoms with Crippen LogP contribution in [0.2, 0.25) is 0 Å². The van der Waals surface area contributed by atoms with Crippen LogP contribution >= 0.6 is 0 Å². The molecule has 0 heterocycles. The van der Waals surface area contributed by atoms with Crippen molar-refractivity contribution in [3.8, 4) is 0 Å². The SMILES string of the molecule is CCOC(=O)c1ccc(NC2CC(C)CC(C)(C)C2)cc1. The predicted molar refractivity (Wildman–Crippen MR) is 86.6 cm³/mol. The highest BCUT2D eigenvalue weighted by Crippen LogP contribution is 2.39. The maximum atomic E-state index is 11.6. The van der Waals surface area contributed by atoms with Crippen LogP contribution in [0, 0.1) is 11.3 Å². The van der Waals surface area contributed by atoms with Crippen LogP contribution in [0.3, 0.4) is 0 Å². The molecule has 3 heteroatoms. The molecule has 2 atom stereocenters. The molecule has 2 unspecified atom stereocenters. The van der Waals surface area contributed by atoms with Crippen LogP contribution in [0.5, 0.6) is 0 Å². The molecule has 2 rings (SSSR count). The first-order chi connectivity index (χ1) is 9.89. The van der Waals surface area contributed by atoms with Crippen molar-refractivity contribution in [3.05, 3.63) is 29.8 Å². The van der Waals surface area contributed by atoms with Crippen LogP contribution in [-0.4, -0.2) is 18.6 Å². The standard InChI is InChI=1S/C18H27NO2/c1-5-21-17(20)14-6-8-15(9-7-14)19-16-10-13(2)11-18(3,4)12-16/h6-9,13,16,19H,5,10-12H2,1-4H3. The topological polar surface area (TPSA) is 38.3 Å². The van der Waals surface area contributed by atoms with Gasteiger partial charge in [-0.2, -0.15) is 0 Å². The molecule has 1 aliphatic rings. The average Bonchev–Trinajstić information content (AvgIpc) is 2.37. The first-order valence-corrected chi connectivity index (χ1v) is 7.93. The van der Waals surface area contributed by atoms with Crippen molar-refractivity contribution < 1.29 is 9.53 Å². The molecule has 0 bridgehead atoms. The van der Waals surface area contributed by atoms with E-state index >= 15 is 0 Å². The molecule has 0 aliphatic heterocycles. The third kappa shape index (κ3) is 4.48. The van der Waals surface area contributed by atoms with Crippen LogP contribution in [-0.2, 0) is 4.74 Å². The fourth-order valence-electron chi connectivity index (χ4n) is 3.61. The van der Waals surface area contributed by atoms with Crippen LogP contribution in [0.25, 0.3) is 0 Å². The van der Waals surface area contributed by atoms with Crippen molar-refractivity contribution in [2.75, 3.05) is 11.9 Å². The monoisotopic (exact) mass is 289 g/mol. The van der Waals surface area contributed by atoms with Gasteiger partial charge in [0.15, 0.2) is 0 Å². The van der Waals surface area contributed by atoms with E-state index < -0.39 is 0 Å². The van der Waals surface area contributed by atoms with Crippen molar-refractivity contribution in [1.82, 2.24) is 0 Å². The lowest BCUT2D eigenvalue weighted by molar-refractivity contribution is 0.0526. The van der Waals surface area contributed by atoms with Gasteiger partial charge in [-0.3, -0.25) is 0 Å². The summed E-state index contributed by atoms with van der Waals surface area (Å²) in [7, 11) is 0. The van der Waals surface area contributed by atoms with Gasteiger partial charge in [0.2, 0.25) is 0 Å². The van der Waals surface area contributed by atoms with E-state index in [0.717, 1.165) is 11.6 Å². The number of hydrogen-bond donors (Lipinski definition) is 1. The lowest BCUT2D eigenvalue weighted by atomic mass is 9.70. The third-order valence-corrected chi connectivity index (χ3v) is 4.15. The average molecular weight is 289 g/mol. The van der Waals surface area contributed by atoms with Crippen LogP contribution < -0.4 is 5.32 Å². The zero-order valence-electron chi connectivity index (χ0n) is 13.6. The Labute approximate surface area is 128 Å². The highest BCUT2D eigenvalue weighted by Gasteiger charge is 2.31. The van der Waals surface area contributed by atoms with E-state index in [9.17, 15) is 4.79 Å². The molecule has 3 nitrogen and oxygen atoms in total. The van der Waals surface area contributed by atoms with E-state index in [0.29, 0.717) is 23.6 Å². The molecular weight excluding hydrogens is 262 g/mol. The summed E-state index contributed by atoms with van der Waals surface area (Å²) in [6.45, 7) is 9.26. The van der Waals surface area contributed by atoms with Crippen LogP contribution in [0.15, 0.2) is 24.3 Å².